The normalized spacial score (nSPS) is 10.4. The van der Waals surface area contributed by atoms with Crippen molar-refractivity contribution in [1.82, 2.24) is 0 Å². The smallest absolute Gasteiger partial charge is 0.201 e. The maximum absolute atomic E-state index is 12.1. The van der Waals surface area contributed by atoms with Crippen molar-refractivity contribution in [2.24, 2.45) is 0 Å². The topological polar surface area (TPSA) is 35.5 Å². The number of hydrogen-bond acceptors (Lipinski definition) is 4. The zero-order chi connectivity index (χ0) is 15.2. The van der Waals surface area contributed by atoms with Crippen molar-refractivity contribution in [1.29, 1.82) is 0 Å². The number of carbonyl (C=O) groups excluding carboxylic acids is 1. The second-order valence-corrected chi connectivity index (χ2v) is 6.32. The second kappa shape index (κ2) is 7.27. The molecule has 0 saturated carbocycles. The number of Topliss-reactive ketones (excluding diaryl/α,β-unsaturated/α-hetero) is 1. The van der Waals surface area contributed by atoms with Crippen molar-refractivity contribution in [2.75, 3.05) is 13.2 Å². The number of benzene rings is 1. The maximum Gasteiger partial charge on any atom is 0.201 e. The predicted octanol–water partition coefficient (Wildman–Crippen LogP) is 4.42. The quantitative estimate of drug-likeness (QED) is 0.711. The van der Waals surface area contributed by atoms with E-state index in [-0.39, 0.29) is 12.4 Å². The van der Waals surface area contributed by atoms with Gasteiger partial charge in [0.2, 0.25) is 5.78 Å². The fraction of sp³-hybridized carbons (Fsp3) is 0.353. The Labute approximate surface area is 129 Å². The van der Waals surface area contributed by atoms with Gasteiger partial charge in [0.15, 0.2) is 6.61 Å². The molecule has 2 rings (SSSR count). The Kier molecular flexibility index (Phi) is 5.39. The molecule has 0 aliphatic heterocycles. The van der Waals surface area contributed by atoms with Crippen LogP contribution in [0, 0.1) is 13.8 Å². The van der Waals surface area contributed by atoms with Crippen molar-refractivity contribution >= 4 is 17.1 Å². The Bertz CT molecular complexity index is 599. The first-order valence-electron chi connectivity index (χ1n) is 7.06. The molecule has 21 heavy (non-hydrogen) atoms. The van der Waals surface area contributed by atoms with E-state index < -0.39 is 0 Å². The van der Waals surface area contributed by atoms with Gasteiger partial charge in [-0.3, -0.25) is 4.79 Å². The first-order chi connectivity index (χ1) is 10.1. The molecule has 0 aliphatic carbocycles. The number of rotatable bonds is 7. The van der Waals surface area contributed by atoms with Crippen LogP contribution in [0.3, 0.4) is 0 Å². The molecule has 0 bridgehead atoms. The maximum atomic E-state index is 12.1. The molecule has 0 unspecified atom stereocenters. The lowest BCUT2D eigenvalue weighted by molar-refractivity contribution is 0.0921. The molecule has 2 aromatic rings. The van der Waals surface area contributed by atoms with Gasteiger partial charge in [-0.2, -0.15) is 0 Å². The standard InChI is InChI=1S/C17H20O3S/c1-4-9-19-14-5-7-15(8-6-14)20-11-17(18)16-10-12(2)21-13(16)3/h5-8,10H,4,9,11H2,1-3H3. The van der Waals surface area contributed by atoms with Crippen LogP contribution in [0.4, 0.5) is 0 Å². The van der Waals surface area contributed by atoms with Gasteiger partial charge in [-0.15, -0.1) is 11.3 Å². The molecule has 0 radical (unpaired) electrons. The highest BCUT2D eigenvalue weighted by atomic mass is 32.1. The first kappa shape index (κ1) is 15.6. The average Bonchev–Trinajstić information content (AvgIpc) is 2.82. The van der Waals surface area contributed by atoms with Gasteiger partial charge in [-0.25, -0.2) is 0 Å². The lowest BCUT2D eigenvalue weighted by atomic mass is 10.2. The molecule has 3 nitrogen and oxygen atoms in total. The fourth-order valence-electron chi connectivity index (χ4n) is 1.99. The molecule has 1 aromatic heterocycles. The summed E-state index contributed by atoms with van der Waals surface area (Å²) in [5.41, 5.74) is 0.764. The summed E-state index contributed by atoms with van der Waals surface area (Å²) < 4.78 is 11.0. The van der Waals surface area contributed by atoms with E-state index in [1.54, 1.807) is 11.3 Å². The molecule has 0 spiro atoms. The van der Waals surface area contributed by atoms with Crippen LogP contribution in [-0.2, 0) is 0 Å². The third-order valence-corrected chi connectivity index (χ3v) is 3.97. The summed E-state index contributed by atoms with van der Waals surface area (Å²) in [5, 5.41) is 0. The zero-order valence-electron chi connectivity index (χ0n) is 12.6. The largest absolute Gasteiger partial charge is 0.494 e. The third kappa shape index (κ3) is 4.33. The molecule has 112 valence electrons. The highest BCUT2D eigenvalue weighted by molar-refractivity contribution is 7.12. The van der Waals surface area contributed by atoms with E-state index in [0.29, 0.717) is 12.4 Å². The number of aryl methyl sites for hydroxylation is 2. The SMILES string of the molecule is CCCOc1ccc(OCC(=O)c2cc(C)sc2C)cc1. The van der Waals surface area contributed by atoms with E-state index in [2.05, 4.69) is 6.92 Å². The van der Waals surface area contributed by atoms with Crippen molar-refractivity contribution in [3.63, 3.8) is 0 Å². The van der Waals surface area contributed by atoms with E-state index >= 15 is 0 Å². The molecule has 0 fully saturated rings. The third-order valence-electron chi connectivity index (χ3n) is 3.01. The van der Waals surface area contributed by atoms with Gasteiger partial charge in [0.25, 0.3) is 0 Å². The average molecular weight is 304 g/mol. The summed E-state index contributed by atoms with van der Waals surface area (Å²) in [6.07, 6.45) is 0.978. The Morgan fingerprint density at radius 3 is 2.24 bits per heavy atom. The van der Waals surface area contributed by atoms with Crippen molar-refractivity contribution in [2.45, 2.75) is 27.2 Å². The Balaban J connectivity index is 1.90. The van der Waals surface area contributed by atoms with Crippen LogP contribution in [-0.4, -0.2) is 19.0 Å². The van der Waals surface area contributed by atoms with Crippen LogP contribution >= 0.6 is 11.3 Å². The van der Waals surface area contributed by atoms with Crippen LogP contribution in [0.15, 0.2) is 30.3 Å². The van der Waals surface area contributed by atoms with Crippen LogP contribution in [0.2, 0.25) is 0 Å². The van der Waals surface area contributed by atoms with Crippen LogP contribution in [0.1, 0.15) is 33.5 Å². The number of ether oxygens (including phenoxy) is 2. The van der Waals surface area contributed by atoms with Crippen LogP contribution in [0.25, 0.3) is 0 Å². The first-order valence-corrected chi connectivity index (χ1v) is 7.87. The number of carbonyl (C=O) groups is 1. The van der Waals surface area contributed by atoms with Crippen molar-refractivity contribution < 1.29 is 14.3 Å². The summed E-state index contributed by atoms with van der Waals surface area (Å²) in [6.45, 7) is 6.80. The number of ketones is 1. The van der Waals surface area contributed by atoms with Crippen LogP contribution in [0.5, 0.6) is 11.5 Å². The summed E-state index contributed by atoms with van der Waals surface area (Å²) in [7, 11) is 0. The number of thiophene rings is 1. The fourth-order valence-corrected chi connectivity index (χ4v) is 2.93. The van der Waals surface area contributed by atoms with Crippen LogP contribution < -0.4 is 9.47 Å². The Morgan fingerprint density at radius 1 is 1.10 bits per heavy atom. The van der Waals surface area contributed by atoms with E-state index in [9.17, 15) is 4.79 Å². The van der Waals surface area contributed by atoms with Gasteiger partial charge in [-0.1, -0.05) is 6.92 Å². The van der Waals surface area contributed by atoms with Gasteiger partial charge in [0.1, 0.15) is 11.5 Å². The molecule has 0 atom stereocenters. The molecule has 0 aliphatic rings. The van der Waals surface area contributed by atoms with Gasteiger partial charge in [0, 0.05) is 15.3 Å². The van der Waals surface area contributed by atoms with E-state index in [1.807, 2.05) is 44.2 Å². The lowest BCUT2D eigenvalue weighted by Gasteiger charge is -2.07. The predicted molar refractivity (Wildman–Crippen MR) is 85.8 cm³/mol. The summed E-state index contributed by atoms with van der Waals surface area (Å²) in [6, 6.07) is 9.28. The molecule has 4 heteroatoms. The monoisotopic (exact) mass is 304 g/mol. The van der Waals surface area contributed by atoms with Gasteiger partial charge in [-0.05, 0) is 50.6 Å². The van der Waals surface area contributed by atoms with Gasteiger partial charge in [0.05, 0.1) is 6.61 Å². The minimum absolute atomic E-state index is 0.0168. The zero-order valence-corrected chi connectivity index (χ0v) is 13.5. The molecular formula is C17H20O3S. The van der Waals surface area contributed by atoms with Crippen molar-refractivity contribution in [3.8, 4) is 11.5 Å². The highest BCUT2D eigenvalue weighted by Crippen LogP contribution is 2.22. The Hall–Kier alpha value is -1.81. The van der Waals surface area contributed by atoms with E-state index in [4.69, 9.17) is 9.47 Å². The number of hydrogen-bond donors (Lipinski definition) is 0. The molecule has 1 heterocycles. The molecule has 0 saturated heterocycles. The Morgan fingerprint density at radius 2 is 1.71 bits per heavy atom. The minimum Gasteiger partial charge on any atom is -0.494 e. The molecule has 0 amide bonds. The van der Waals surface area contributed by atoms with Gasteiger partial charge < -0.3 is 9.47 Å². The molecule has 0 N–H and O–H groups in total. The highest BCUT2D eigenvalue weighted by Gasteiger charge is 2.12. The minimum atomic E-state index is 0.0168. The molecule has 1 aromatic carbocycles. The summed E-state index contributed by atoms with van der Waals surface area (Å²) >= 11 is 1.64. The lowest BCUT2D eigenvalue weighted by Crippen LogP contribution is -2.11. The molecular weight excluding hydrogens is 284 g/mol. The van der Waals surface area contributed by atoms with E-state index in [1.165, 1.54) is 0 Å². The van der Waals surface area contributed by atoms with Crippen molar-refractivity contribution in [3.05, 3.63) is 45.6 Å². The summed E-state index contributed by atoms with van der Waals surface area (Å²) in [4.78, 5) is 14.3. The van der Waals surface area contributed by atoms with Gasteiger partial charge >= 0.3 is 0 Å². The van der Waals surface area contributed by atoms with E-state index in [0.717, 1.165) is 27.5 Å². The summed E-state index contributed by atoms with van der Waals surface area (Å²) in [5.74, 6) is 1.51. The second-order valence-electron chi connectivity index (χ2n) is 4.86.